The van der Waals surface area contributed by atoms with Gasteiger partial charge in [-0.05, 0) is 42.8 Å². The third-order valence-electron chi connectivity index (χ3n) is 2.83. The van der Waals surface area contributed by atoms with Gasteiger partial charge in [-0.25, -0.2) is 4.39 Å². The summed E-state index contributed by atoms with van der Waals surface area (Å²) in [5, 5.41) is 11.2. The Bertz CT molecular complexity index is 708. The maximum atomic E-state index is 13.0. The molecule has 0 saturated carbocycles. The van der Waals surface area contributed by atoms with Gasteiger partial charge in [0.25, 0.3) is 5.91 Å². The Labute approximate surface area is 121 Å². The highest BCUT2D eigenvalue weighted by Gasteiger charge is 2.10. The number of benzene rings is 2. The Morgan fingerprint density at radius 1 is 1.33 bits per heavy atom. The summed E-state index contributed by atoms with van der Waals surface area (Å²) >= 11 is 0. The number of rotatable bonds is 4. The van der Waals surface area contributed by atoms with Crippen LogP contribution in [0.2, 0.25) is 0 Å². The number of hydrogen-bond acceptors (Lipinski definition) is 3. The van der Waals surface area contributed by atoms with Crippen LogP contribution in [0.15, 0.2) is 42.5 Å². The second-order valence-electron chi connectivity index (χ2n) is 4.39. The summed E-state index contributed by atoms with van der Waals surface area (Å²) in [6.07, 6.45) is 0. The summed E-state index contributed by atoms with van der Waals surface area (Å²) in [5.41, 5.74) is 1.50. The van der Waals surface area contributed by atoms with Gasteiger partial charge in [-0.2, -0.15) is 5.26 Å². The summed E-state index contributed by atoms with van der Waals surface area (Å²) in [7, 11) is 0. The molecule has 2 aromatic rings. The molecule has 1 N–H and O–H groups in total. The normalized spacial score (nSPS) is 9.76. The molecule has 0 spiro atoms. The number of aryl methyl sites for hydroxylation is 1. The second kappa shape index (κ2) is 6.53. The molecule has 0 unspecified atom stereocenters. The number of nitriles is 1. The topological polar surface area (TPSA) is 62.1 Å². The summed E-state index contributed by atoms with van der Waals surface area (Å²) in [6, 6.07) is 12.6. The van der Waals surface area contributed by atoms with Crippen LogP contribution in [0.3, 0.4) is 0 Å². The van der Waals surface area contributed by atoms with Crippen LogP contribution in [-0.2, 0) is 0 Å². The Hall–Kier alpha value is -2.87. The van der Waals surface area contributed by atoms with Crippen molar-refractivity contribution in [3.8, 4) is 11.8 Å². The van der Waals surface area contributed by atoms with Crippen LogP contribution < -0.4 is 10.1 Å². The smallest absolute Gasteiger partial charge is 0.255 e. The number of nitrogens with zero attached hydrogens (tertiary/aromatic N) is 1. The molecule has 0 fully saturated rings. The van der Waals surface area contributed by atoms with E-state index in [4.69, 9.17) is 10.00 Å². The zero-order chi connectivity index (χ0) is 15.2. The lowest BCUT2D eigenvalue weighted by Crippen LogP contribution is -2.13. The number of ether oxygens (including phenoxy) is 1. The number of carbonyl (C=O) groups excluding carboxylic acids is 1. The second-order valence-corrected chi connectivity index (χ2v) is 4.39. The van der Waals surface area contributed by atoms with Gasteiger partial charge in [-0.1, -0.05) is 6.07 Å². The van der Waals surface area contributed by atoms with E-state index in [2.05, 4.69) is 5.32 Å². The van der Waals surface area contributed by atoms with Crippen LogP contribution in [0.4, 0.5) is 10.1 Å². The Morgan fingerprint density at radius 3 is 2.86 bits per heavy atom. The zero-order valence-electron chi connectivity index (χ0n) is 11.4. The van der Waals surface area contributed by atoms with E-state index >= 15 is 0 Å². The first kappa shape index (κ1) is 14.5. The van der Waals surface area contributed by atoms with E-state index in [1.165, 1.54) is 18.2 Å². The SMILES string of the molecule is Cc1cc(F)ccc1C(=O)Nc1cccc(OCC#N)c1. The molecule has 0 bridgehead atoms. The lowest BCUT2D eigenvalue weighted by Gasteiger charge is -2.09. The third-order valence-corrected chi connectivity index (χ3v) is 2.83. The Morgan fingerprint density at radius 2 is 2.14 bits per heavy atom. The van der Waals surface area contributed by atoms with Gasteiger partial charge in [-0.3, -0.25) is 4.79 Å². The van der Waals surface area contributed by atoms with E-state index in [0.29, 0.717) is 22.6 Å². The first-order valence-corrected chi connectivity index (χ1v) is 6.27. The fourth-order valence-electron chi connectivity index (χ4n) is 1.86. The molecular weight excluding hydrogens is 271 g/mol. The summed E-state index contributed by atoms with van der Waals surface area (Å²) in [6.45, 7) is 1.61. The molecule has 0 heterocycles. The van der Waals surface area contributed by atoms with Gasteiger partial charge < -0.3 is 10.1 Å². The van der Waals surface area contributed by atoms with Crippen molar-refractivity contribution in [2.45, 2.75) is 6.92 Å². The fraction of sp³-hybridized carbons (Fsp3) is 0.125. The number of carbonyl (C=O) groups is 1. The standard InChI is InChI=1S/C16H13FN2O2/c1-11-9-12(17)5-6-15(11)16(20)19-13-3-2-4-14(10-13)21-8-7-18/h2-6,9-10H,8H2,1H3,(H,19,20). The summed E-state index contributed by atoms with van der Waals surface area (Å²) in [4.78, 5) is 12.1. The van der Waals surface area contributed by atoms with Crippen LogP contribution in [0, 0.1) is 24.1 Å². The van der Waals surface area contributed by atoms with Gasteiger partial charge in [0.15, 0.2) is 6.61 Å². The minimum atomic E-state index is -0.379. The monoisotopic (exact) mass is 284 g/mol. The van der Waals surface area contributed by atoms with Gasteiger partial charge in [0.05, 0.1) is 0 Å². The predicted octanol–water partition coefficient (Wildman–Crippen LogP) is 3.29. The van der Waals surface area contributed by atoms with Gasteiger partial charge in [0.1, 0.15) is 17.6 Å². The van der Waals surface area contributed by atoms with Crippen LogP contribution >= 0.6 is 0 Å². The molecule has 0 aromatic heterocycles. The van der Waals surface area contributed by atoms with Crippen LogP contribution in [0.25, 0.3) is 0 Å². The van der Waals surface area contributed by atoms with E-state index < -0.39 is 0 Å². The molecule has 4 nitrogen and oxygen atoms in total. The molecular formula is C16H13FN2O2. The Kier molecular flexibility index (Phi) is 4.52. The van der Waals surface area contributed by atoms with Gasteiger partial charge in [0.2, 0.25) is 0 Å². The van der Waals surface area contributed by atoms with E-state index in [1.54, 1.807) is 31.2 Å². The molecule has 5 heteroatoms. The summed E-state index contributed by atoms with van der Waals surface area (Å²) < 4.78 is 18.2. The highest BCUT2D eigenvalue weighted by atomic mass is 19.1. The number of nitrogens with one attached hydrogen (secondary N) is 1. The van der Waals surface area contributed by atoms with Gasteiger partial charge >= 0.3 is 0 Å². The van der Waals surface area contributed by atoms with Crippen molar-refractivity contribution in [2.24, 2.45) is 0 Å². The zero-order valence-corrected chi connectivity index (χ0v) is 11.4. The molecule has 106 valence electrons. The summed E-state index contributed by atoms with van der Waals surface area (Å²) in [5.74, 6) is -0.217. The lowest BCUT2D eigenvalue weighted by molar-refractivity contribution is 0.102. The number of hydrogen-bond donors (Lipinski definition) is 1. The number of anilines is 1. The van der Waals surface area contributed by atoms with Crippen molar-refractivity contribution in [1.82, 2.24) is 0 Å². The van der Waals surface area contributed by atoms with E-state index in [9.17, 15) is 9.18 Å². The minimum absolute atomic E-state index is 0.0610. The van der Waals surface area contributed by atoms with Crippen molar-refractivity contribution in [2.75, 3.05) is 11.9 Å². The number of halogens is 1. The quantitative estimate of drug-likeness (QED) is 0.937. The maximum absolute atomic E-state index is 13.0. The highest BCUT2D eigenvalue weighted by Crippen LogP contribution is 2.19. The maximum Gasteiger partial charge on any atom is 0.255 e. The average Bonchev–Trinajstić information content (AvgIpc) is 2.45. The molecule has 2 rings (SSSR count). The highest BCUT2D eigenvalue weighted by molar-refractivity contribution is 6.05. The molecule has 0 atom stereocenters. The predicted molar refractivity (Wildman–Crippen MR) is 76.6 cm³/mol. The molecule has 1 amide bonds. The van der Waals surface area contributed by atoms with Crippen LogP contribution in [0.5, 0.6) is 5.75 Å². The van der Waals surface area contributed by atoms with Crippen molar-refractivity contribution in [1.29, 1.82) is 5.26 Å². The molecule has 0 aliphatic carbocycles. The molecule has 21 heavy (non-hydrogen) atoms. The van der Waals surface area contributed by atoms with Crippen LogP contribution in [0.1, 0.15) is 15.9 Å². The van der Waals surface area contributed by atoms with Gasteiger partial charge in [0, 0.05) is 17.3 Å². The third kappa shape index (κ3) is 3.80. The molecule has 0 aliphatic rings. The molecule has 0 saturated heterocycles. The van der Waals surface area contributed by atoms with E-state index in [1.807, 2.05) is 6.07 Å². The Balaban J connectivity index is 2.14. The van der Waals surface area contributed by atoms with Gasteiger partial charge in [-0.15, -0.1) is 0 Å². The molecule has 2 aromatic carbocycles. The minimum Gasteiger partial charge on any atom is -0.479 e. The molecule has 0 aliphatic heterocycles. The van der Waals surface area contributed by atoms with Crippen molar-refractivity contribution < 1.29 is 13.9 Å². The number of amides is 1. The fourth-order valence-corrected chi connectivity index (χ4v) is 1.86. The van der Waals surface area contributed by atoms with E-state index in [-0.39, 0.29) is 18.3 Å². The first-order chi connectivity index (χ1) is 10.1. The first-order valence-electron chi connectivity index (χ1n) is 6.27. The molecule has 0 radical (unpaired) electrons. The largest absolute Gasteiger partial charge is 0.479 e. The van der Waals surface area contributed by atoms with Crippen molar-refractivity contribution >= 4 is 11.6 Å². The van der Waals surface area contributed by atoms with Crippen molar-refractivity contribution in [3.05, 3.63) is 59.4 Å². The van der Waals surface area contributed by atoms with Crippen LogP contribution in [-0.4, -0.2) is 12.5 Å². The van der Waals surface area contributed by atoms with Crippen molar-refractivity contribution in [3.63, 3.8) is 0 Å². The average molecular weight is 284 g/mol. The lowest BCUT2D eigenvalue weighted by atomic mass is 10.1. The van der Waals surface area contributed by atoms with E-state index in [0.717, 1.165) is 0 Å².